The van der Waals surface area contributed by atoms with Crippen molar-refractivity contribution in [1.29, 1.82) is 0 Å². The van der Waals surface area contributed by atoms with Crippen LogP contribution in [0.25, 0.3) is 0 Å². The maximum absolute atomic E-state index is 12.4. The van der Waals surface area contributed by atoms with Gasteiger partial charge >= 0.3 is 6.03 Å². The Labute approximate surface area is 153 Å². The molecule has 2 aliphatic heterocycles. The first-order valence-corrected chi connectivity index (χ1v) is 8.87. The van der Waals surface area contributed by atoms with Gasteiger partial charge in [0.2, 0.25) is 0 Å². The Morgan fingerprint density at radius 3 is 2.73 bits per heavy atom. The number of nitrogens with one attached hydrogen (secondary N) is 2. The number of carbonyl (C=O) groups is 2. The van der Waals surface area contributed by atoms with E-state index in [9.17, 15) is 9.59 Å². The maximum atomic E-state index is 12.4. The molecule has 3 amide bonds. The van der Waals surface area contributed by atoms with Crippen molar-refractivity contribution in [1.82, 2.24) is 20.4 Å². The number of hydrogen-bond acceptors (Lipinski definition) is 6. The summed E-state index contributed by atoms with van der Waals surface area (Å²) in [5.74, 6) is 1.07. The van der Waals surface area contributed by atoms with Crippen molar-refractivity contribution >= 4 is 17.9 Å². The third-order valence-corrected chi connectivity index (χ3v) is 4.69. The Kier molecular flexibility index (Phi) is 5.29. The van der Waals surface area contributed by atoms with Gasteiger partial charge < -0.3 is 19.9 Å². The van der Waals surface area contributed by atoms with Gasteiger partial charge in [0.05, 0.1) is 6.54 Å². The molecular weight excluding hydrogens is 334 g/mol. The predicted octanol–water partition coefficient (Wildman–Crippen LogP) is 1.00. The lowest BCUT2D eigenvalue weighted by Crippen LogP contribution is -2.64. The van der Waals surface area contributed by atoms with Crippen molar-refractivity contribution < 1.29 is 14.3 Å². The van der Waals surface area contributed by atoms with E-state index in [1.807, 2.05) is 35.2 Å². The fraction of sp³-hybridized carbons (Fsp3) is 0.500. The number of amides is 3. The van der Waals surface area contributed by atoms with E-state index in [-0.39, 0.29) is 11.9 Å². The molecule has 26 heavy (non-hydrogen) atoms. The predicted molar refractivity (Wildman–Crippen MR) is 97.8 cm³/mol. The Morgan fingerprint density at radius 2 is 2.04 bits per heavy atom. The first kappa shape index (κ1) is 18.0. The molecule has 1 aromatic carbocycles. The Balaban J connectivity index is 1.74. The number of urea groups is 1. The van der Waals surface area contributed by atoms with Crippen LogP contribution in [0.15, 0.2) is 35.3 Å². The van der Waals surface area contributed by atoms with Crippen LogP contribution in [-0.4, -0.2) is 66.1 Å². The lowest BCUT2D eigenvalue weighted by atomic mass is 10.1. The third kappa shape index (κ3) is 3.58. The highest BCUT2D eigenvalue weighted by Crippen LogP contribution is 2.23. The molecule has 3 unspecified atom stereocenters. The van der Waals surface area contributed by atoms with Crippen molar-refractivity contribution in [3.8, 4) is 5.75 Å². The summed E-state index contributed by atoms with van der Waals surface area (Å²) < 4.78 is 5.77. The molecule has 0 radical (unpaired) electrons. The third-order valence-electron chi connectivity index (χ3n) is 4.69. The van der Waals surface area contributed by atoms with Gasteiger partial charge in [-0.15, -0.1) is 0 Å². The quantitative estimate of drug-likeness (QED) is 0.791. The number of likely N-dealkylation sites (N-methyl/N-ethyl adjacent to an activating group) is 1. The highest BCUT2D eigenvalue weighted by atomic mass is 16.5. The molecule has 0 aliphatic carbocycles. The summed E-state index contributed by atoms with van der Waals surface area (Å²) in [5, 5.41) is 5.73. The number of carbonyl (C=O) groups excluding carboxylic acids is 2. The molecule has 0 spiro atoms. The summed E-state index contributed by atoms with van der Waals surface area (Å²) in [5.41, 5.74) is 0. The number of benzene rings is 1. The molecule has 140 valence electrons. The second-order valence-corrected chi connectivity index (χ2v) is 6.53. The normalized spacial score (nSPS) is 23.3. The fourth-order valence-electron chi connectivity index (χ4n) is 2.99. The number of ether oxygens (including phenoxy) is 1. The molecule has 1 saturated heterocycles. The molecule has 0 bridgehead atoms. The van der Waals surface area contributed by atoms with Gasteiger partial charge in [-0.25, -0.2) is 9.79 Å². The number of aliphatic imine (C=N–C) groups is 1. The highest BCUT2D eigenvalue weighted by Gasteiger charge is 2.48. The van der Waals surface area contributed by atoms with Crippen LogP contribution in [-0.2, 0) is 4.79 Å². The Hall–Kier alpha value is -2.77. The lowest BCUT2D eigenvalue weighted by molar-refractivity contribution is -0.127. The molecule has 2 aliphatic rings. The average molecular weight is 359 g/mol. The molecule has 2 heterocycles. The van der Waals surface area contributed by atoms with Crippen LogP contribution in [0.5, 0.6) is 5.75 Å². The zero-order chi connectivity index (χ0) is 18.7. The second-order valence-electron chi connectivity index (χ2n) is 6.53. The summed E-state index contributed by atoms with van der Waals surface area (Å²) >= 11 is 0. The summed E-state index contributed by atoms with van der Waals surface area (Å²) in [4.78, 5) is 32.3. The minimum Gasteiger partial charge on any atom is -0.492 e. The van der Waals surface area contributed by atoms with Crippen LogP contribution >= 0.6 is 0 Å². The van der Waals surface area contributed by atoms with Crippen LogP contribution in [0.4, 0.5) is 4.79 Å². The molecule has 8 heteroatoms. The molecule has 1 aromatic rings. The minimum atomic E-state index is -0.552. The fourth-order valence-corrected chi connectivity index (χ4v) is 2.99. The smallest absolute Gasteiger partial charge is 0.325 e. The van der Waals surface area contributed by atoms with Gasteiger partial charge in [-0.2, -0.15) is 0 Å². The molecule has 3 rings (SSSR count). The largest absolute Gasteiger partial charge is 0.492 e. The standard InChI is InChI=1S/C18H25N5O3/c1-4-12(2)19-17-20-15-14(16(24)21-18(25)22(15)3)23(17)10-11-26-13-8-6-5-7-9-13/h5-9,12,14-15H,4,10-11H2,1-3H3,(H,19,20)(H,21,24,25). The molecule has 0 aromatic heterocycles. The van der Waals surface area contributed by atoms with E-state index < -0.39 is 18.2 Å². The molecular formula is C18H25N5O3. The topological polar surface area (TPSA) is 86.3 Å². The molecule has 2 N–H and O–H groups in total. The van der Waals surface area contributed by atoms with E-state index in [4.69, 9.17) is 4.74 Å². The number of rotatable bonds is 6. The average Bonchev–Trinajstić information content (AvgIpc) is 2.99. The van der Waals surface area contributed by atoms with Gasteiger partial charge in [0, 0.05) is 13.1 Å². The number of imide groups is 1. The van der Waals surface area contributed by atoms with Gasteiger partial charge in [-0.3, -0.25) is 10.1 Å². The van der Waals surface area contributed by atoms with Crippen LogP contribution in [0, 0.1) is 0 Å². The maximum Gasteiger partial charge on any atom is 0.325 e. The van der Waals surface area contributed by atoms with E-state index in [0.29, 0.717) is 19.1 Å². The monoisotopic (exact) mass is 359 g/mol. The van der Waals surface area contributed by atoms with E-state index in [1.54, 1.807) is 7.05 Å². The van der Waals surface area contributed by atoms with Gasteiger partial charge in [0.25, 0.3) is 5.91 Å². The summed E-state index contributed by atoms with van der Waals surface area (Å²) in [6, 6.07) is 8.75. The van der Waals surface area contributed by atoms with Gasteiger partial charge in [0.1, 0.15) is 12.4 Å². The summed E-state index contributed by atoms with van der Waals surface area (Å²) in [6.45, 7) is 5.01. The molecule has 3 atom stereocenters. The van der Waals surface area contributed by atoms with Crippen LogP contribution < -0.4 is 15.4 Å². The number of hydrogen-bond donors (Lipinski definition) is 2. The van der Waals surface area contributed by atoms with E-state index >= 15 is 0 Å². The lowest BCUT2D eigenvalue weighted by Gasteiger charge is -2.36. The van der Waals surface area contributed by atoms with E-state index in [1.165, 1.54) is 4.90 Å². The minimum absolute atomic E-state index is 0.204. The van der Waals surface area contributed by atoms with Crippen molar-refractivity contribution in [2.75, 3.05) is 20.2 Å². The van der Waals surface area contributed by atoms with Crippen LogP contribution in [0.2, 0.25) is 0 Å². The van der Waals surface area contributed by atoms with Crippen molar-refractivity contribution in [2.45, 2.75) is 38.5 Å². The number of fused-ring (bicyclic) bond motifs is 1. The highest BCUT2D eigenvalue weighted by molar-refractivity contribution is 6.03. The summed E-state index contributed by atoms with van der Waals surface area (Å²) in [6.07, 6.45) is 0.392. The first-order chi connectivity index (χ1) is 12.5. The van der Waals surface area contributed by atoms with E-state index in [2.05, 4.69) is 29.5 Å². The van der Waals surface area contributed by atoms with E-state index in [0.717, 1.165) is 12.2 Å². The van der Waals surface area contributed by atoms with Crippen molar-refractivity contribution in [3.05, 3.63) is 30.3 Å². The zero-order valence-corrected chi connectivity index (χ0v) is 15.3. The first-order valence-electron chi connectivity index (χ1n) is 8.87. The molecule has 1 fully saturated rings. The molecule has 8 nitrogen and oxygen atoms in total. The Bertz CT molecular complexity index is 693. The SMILES string of the molecule is CCC(C)NC1=NC2C(C(=O)NC(=O)N2C)N1CCOc1ccccc1. The number of para-hydroxylation sites is 1. The molecule has 0 saturated carbocycles. The van der Waals surface area contributed by atoms with Crippen molar-refractivity contribution in [3.63, 3.8) is 0 Å². The second kappa shape index (κ2) is 7.63. The van der Waals surface area contributed by atoms with Crippen molar-refractivity contribution in [2.24, 2.45) is 4.99 Å². The number of nitrogens with zero attached hydrogens (tertiary/aromatic N) is 3. The van der Waals surface area contributed by atoms with Gasteiger partial charge in [-0.05, 0) is 25.5 Å². The van der Waals surface area contributed by atoms with Crippen LogP contribution in [0.1, 0.15) is 20.3 Å². The van der Waals surface area contributed by atoms with Crippen LogP contribution in [0.3, 0.4) is 0 Å². The zero-order valence-electron chi connectivity index (χ0n) is 15.3. The Morgan fingerprint density at radius 1 is 1.31 bits per heavy atom. The van der Waals surface area contributed by atoms with Gasteiger partial charge in [-0.1, -0.05) is 25.1 Å². The van der Waals surface area contributed by atoms with Gasteiger partial charge in [0.15, 0.2) is 18.2 Å². The summed E-state index contributed by atoms with van der Waals surface area (Å²) in [7, 11) is 1.65. The number of guanidine groups is 1.